The molecule has 2 N–H and O–H groups in total. The first-order valence-corrected chi connectivity index (χ1v) is 10.8. The molecule has 154 valence electrons. The zero-order valence-electron chi connectivity index (χ0n) is 16.9. The largest absolute Gasteiger partial charge is 0.371 e. The van der Waals surface area contributed by atoms with E-state index < -0.39 is 0 Å². The molecule has 1 aliphatic heterocycles. The molecule has 1 fully saturated rings. The van der Waals surface area contributed by atoms with Crippen molar-refractivity contribution in [2.24, 2.45) is 0 Å². The summed E-state index contributed by atoms with van der Waals surface area (Å²) in [6.45, 7) is 7.16. The number of carbonyl (C=O) groups excluding carboxylic acids is 2. The van der Waals surface area contributed by atoms with Crippen LogP contribution in [-0.4, -0.2) is 43.0 Å². The van der Waals surface area contributed by atoms with E-state index in [2.05, 4.69) is 31.5 Å². The van der Waals surface area contributed by atoms with Gasteiger partial charge in [0.15, 0.2) is 0 Å². The van der Waals surface area contributed by atoms with Crippen molar-refractivity contribution in [2.45, 2.75) is 26.7 Å². The molecule has 1 heterocycles. The van der Waals surface area contributed by atoms with Crippen molar-refractivity contribution in [2.75, 3.05) is 41.7 Å². The lowest BCUT2D eigenvalue weighted by Crippen LogP contribution is -2.32. The summed E-state index contributed by atoms with van der Waals surface area (Å²) in [5, 5.41) is 5.65. The molecule has 3 rings (SSSR count). The first-order chi connectivity index (χ1) is 14.0. The average Bonchev–Trinajstić information content (AvgIpc) is 3.23. The quantitative estimate of drug-likeness (QED) is 0.626. The minimum atomic E-state index is -0.349. The van der Waals surface area contributed by atoms with Gasteiger partial charge in [0.05, 0.1) is 5.56 Å². The highest BCUT2D eigenvalue weighted by atomic mass is 79.9. The number of benzene rings is 2. The van der Waals surface area contributed by atoms with E-state index in [-0.39, 0.29) is 11.9 Å². The second kappa shape index (κ2) is 9.78. The Hall–Kier alpha value is -2.54. The van der Waals surface area contributed by atoms with Gasteiger partial charge in [-0.15, -0.1) is 0 Å². The minimum Gasteiger partial charge on any atom is -0.371 e. The second-order valence-electron chi connectivity index (χ2n) is 6.99. The van der Waals surface area contributed by atoms with Crippen LogP contribution in [0, 0.1) is 0 Å². The molecule has 6 nitrogen and oxygen atoms in total. The van der Waals surface area contributed by atoms with Crippen molar-refractivity contribution in [3.63, 3.8) is 0 Å². The van der Waals surface area contributed by atoms with Gasteiger partial charge in [0.2, 0.25) is 0 Å². The van der Waals surface area contributed by atoms with E-state index in [1.165, 1.54) is 0 Å². The molecular weight excluding hydrogens is 432 g/mol. The molecular formula is C22H27BrN4O2. The van der Waals surface area contributed by atoms with Gasteiger partial charge in [-0.25, -0.2) is 4.79 Å². The predicted molar refractivity (Wildman–Crippen MR) is 122 cm³/mol. The maximum atomic E-state index is 13.1. The standard InChI is InChI=1S/C22H27BrN4O2/c1-3-26(4-2)21(28)19-15-18(10-11-20(19)27-12-5-6-13-27)25-22(29)24-17-9-7-8-16(23)14-17/h7-11,14-15H,3-6,12-13H2,1-2H3,(H2,24,25,29). The van der Waals surface area contributed by atoms with Crippen LogP contribution in [0.25, 0.3) is 0 Å². The number of nitrogens with one attached hydrogen (secondary N) is 2. The number of carbonyl (C=O) groups is 2. The third-order valence-electron chi connectivity index (χ3n) is 5.06. The van der Waals surface area contributed by atoms with Crippen molar-refractivity contribution >= 4 is 44.9 Å². The van der Waals surface area contributed by atoms with Crippen LogP contribution in [0.5, 0.6) is 0 Å². The molecule has 0 saturated carbocycles. The number of urea groups is 1. The van der Waals surface area contributed by atoms with E-state index in [1.54, 1.807) is 11.0 Å². The molecule has 0 radical (unpaired) electrons. The summed E-state index contributed by atoms with van der Waals surface area (Å²) in [6, 6.07) is 12.6. The van der Waals surface area contributed by atoms with Gasteiger partial charge in [-0.2, -0.15) is 0 Å². The third-order valence-corrected chi connectivity index (χ3v) is 5.56. The van der Waals surface area contributed by atoms with E-state index in [0.717, 1.165) is 36.1 Å². The fourth-order valence-electron chi connectivity index (χ4n) is 3.56. The lowest BCUT2D eigenvalue weighted by molar-refractivity contribution is 0.0773. The molecule has 29 heavy (non-hydrogen) atoms. The Kier molecular flexibility index (Phi) is 7.14. The Morgan fingerprint density at radius 2 is 1.66 bits per heavy atom. The average molecular weight is 459 g/mol. The molecule has 0 unspecified atom stereocenters. The van der Waals surface area contributed by atoms with Crippen LogP contribution in [0.4, 0.5) is 21.9 Å². The smallest absolute Gasteiger partial charge is 0.323 e. The van der Waals surface area contributed by atoms with Gasteiger partial charge in [-0.05, 0) is 63.1 Å². The maximum absolute atomic E-state index is 13.1. The normalized spacial score (nSPS) is 13.3. The van der Waals surface area contributed by atoms with Crippen molar-refractivity contribution in [1.29, 1.82) is 0 Å². The van der Waals surface area contributed by atoms with Crippen LogP contribution in [-0.2, 0) is 0 Å². The molecule has 0 aromatic heterocycles. The van der Waals surface area contributed by atoms with Crippen molar-refractivity contribution < 1.29 is 9.59 Å². The molecule has 2 aromatic carbocycles. The van der Waals surface area contributed by atoms with Gasteiger partial charge in [0.25, 0.3) is 5.91 Å². The monoisotopic (exact) mass is 458 g/mol. The number of nitrogens with zero attached hydrogens (tertiary/aromatic N) is 2. The van der Waals surface area contributed by atoms with Crippen molar-refractivity contribution in [1.82, 2.24) is 4.90 Å². The molecule has 3 amide bonds. The summed E-state index contributed by atoms with van der Waals surface area (Å²) in [4.78, 5) is 29.6. The first kappa shape index (κ1) is 21.2. The van der Waals surface area contributed by atoms with Crippen LogP contribution in [0.15, 0.2) is 46.9 Å². The van der Waals surface area contributed by atoms with Crippen LogP contribution in [0.3, 0.4) is 0 Å². The summed E-state index contributed by atoms with van der Waals surface area (Å²) < 4.78 is 0.886. The predicted octanol–water partition coefficient (Wildman–Crippen LogP) is 5.18. The zero-order valence-corrected chi connectivity index (χ0v) is 18.5. The van der Waals surface area contributed by atoms with Gasteiger partial charge < -0.3 is 20.4 Å². The van der Waals surface area contributed by atoms with Crippen LogP contribution in [0.1, 0.15) is 37.0 Å². The Balaban J connectivity index is 1.82. The molecule has 1 aliphatic rings. The van der Waals surface area contributed by atoms with Crippen molar-refractivity contribution in [3.05, 3.63) is 52.5 Å². The fraction of sp³-hybridized carbons (Fsp3) is 0.364. The van der Waals surface area contributed by atoms with Gasteiger partial charge in [-0.1, -0.05) is 22.0 Å². The van der Waals surface area contributed by atoms with Gasteiger partial charge in [0.1, 0.15) is 0 Å². The minimum absolute atomic E-state index is 0.00653. The topological polar surface area (TPSA) is 64.7 Å². The Bertz CT molecular complexity index is 877. The Labute approximate surface area is 180 Å². The van der Waals surface area contributed by atoms with Gasteiger partial charge >= 0.3 is 6.03 Å². The number of amides is 3. The molecule has 0 spiro atoms. The summed E-state index contributed by atoms with van der Waals surface area (Å²) in [6.07, 6.45) is 2.27. The van der Waals surface area contributed by atoms with E-state index >= 15 is 0 Å². The number of rotatable bonds is 6. The van der Waals surface area contributed by atoms with E-state index in [4.69, 9.17) is 0 Å². The fourth-order valence-corrected chi connectivity index (χ4v) is 3.96. The number of halogens is 1. The summed E-state index contributed by atoms with van der Waals surface area (Å²) >= 11 is 3.39. The van der Waals surface area contributed by atoms with E-state index in [1.807, 2.05) is 50.2 Å². The first-order valence-electron chi connectivity index (χ1n) is 10.0. The van der Waals surface area contributed by atoms with Gasteiger partial charge in [-0.3, -0.25) is 4.79 Å². The van der Waals surface area contributed by atoms with Crippen molar-refractivity contribution in [3.8, 4) is 0 Å². The second-order valence-corrected chi connectivity index (χ2v) is 7.91. The van der Waals surface area contributed by atoms with Crippen LogP contribution in [0.2, 0.25) is 0 Å². The van der Waals surface area contributed by atoms with E-state index in [9.17, 15) is 9.59 Å². The van der Waals surface area contributed by atoms with Crippen LogP contribution >= 0.6 is 15.9 Å². The highest BCUT2D eigenvalue weighted by molar-refractivity contribution is 9.10. The third kappa shape index (κ3) is 5.29. The number of anilines is 3. The lowest BCUT2D eigenvalue weighted by Gasteiger charge is -2.25. The Morgan fingerprint density at radius 3 is 2.28 bits per heavy atom. The van der Waals surface area contributed by atoms with E-state index in [0.29, 0.717) is 30.0 Å². The molecule has 0 aliphatic carbocycles. The molecule has 0 bridgehead atoms. The summed E-state index contributed by atoms with van der Waals surface area (Å²) in [5.74, 6) is -0.00653. The SMILES string of the molecule is CCN(CC)C(=O)c1cc(NC(=O)Nc2cccc(Br)c2)ccc1N1CCCC1. The van der Waals surface area contributed by atoms with Gasteiger partial charge in [0, 0.05) is 47.7 Å². The maximum Gasteiger partial charge on any atom is 0.323 e. The summed E-state index contributed by atoms with van der Waals surface area (Å²) in [7, 11) is 0. The summed E-state index contributed by atoms with van der Waals surface area (Å²) in [5.41, 5.74) is 2.86. The number of hydrogen-bond acceptors (Lipinski definition) is 3. The molecule has 1 saturated heterocycles. The lowest BCUT2D eigenvalue weighted by atomic mass is 10.1. The Morgan fingerprint density at radius 1 is 1.00 bits per heavy atom. The molecule has 2 aromatic rings. The highest BCUT2D eigenvalue weighted by Crippen LogP contribution is 2.29. The van der Waals surface area contributed by atoms with Crippen LogP contribution < -0.4 is 15.5 Å². The molecule has 7 heteroatoms. The number of hydrogen-bond donors (Lipinski definition) is 2. The molecule has 0 atom stereocenters. The zero-order chi connectivity index (χ0) is 20.8. The highest BCUT2D eigenvalue weighted by Gasteiger charge is 2.23.